The van der Waals surface area contributed by atoms with Crippen LogP contribution in [0.1, 0.15) is 43.1 Å². The summed E-state index contributed by atoms with van der Waals surface area (Å²) in [5.74, 6) is -0.0418. The van der Waals surface area contributed by atoms with E-state index in [-0.39, 0.29) is 17.8 Å². The lowest BCUT2D eigenvalue weighted by atomic mass is 9.91. The Morgan fingerprint density at radius 2 is 2.24 bits per heavy atom. The molecule has 0 aromatic carbocycles. The first-order valence-corrected chi connectivity index (χ1v) is 7.78. The summed E-state index contributed by atoms with van der Waals surface area (Å²) < 4.78 is 13.8. The predicted molar refractivity (Wildman–Crippen MR) is 80.4 cm³/mol. The van der Waals surface area contributed by atoms with Crippen molar-refractivity contribution >= 4 is 12.1 Å². The van der Waals surface area contributed by atoms with Crippen LogP contribution in [-0.2, 0) is 13.0 Å². The number of hydrogen-bond acceptors (Lipinski definition) is 1. The van der Waals surface area contributed by atoms with Crippen LogP contribution in [0.15, 0.2) is 11.9 Å². The van der Waals surface area contributed by atoms with Crippen LogP contribution in [0, 0.1) is 5.92 Å². The molecule has 21 heavy (non-hydrogen) atoms. The van der Waals surface area contributed by atoms with Crippen LogP contribution in [0.5, 0.6) is 0 Å². The van der Waals surface area contributed by atoms with E-state index < -0.39 is 0 Å². The van der Waals surface area contributed by atoms with Gasteiger partial charge in [-0.25, -0.2) is 9.18 Å². The molecular formula is C16H22FN3O. The molecule has 2 aliphatic rings. The van der Waals surface area contributed by atoms with Gasteiger partial charge in [-0.15, -0.1) is 0 Å². The number of rotatable bonds is 3. The number of H-pyrrole nitrogens is 1. The zero-order chi connectivity index (χ0) is 14.8. The average molecular weight is 291 g/mol. The number of likely N-dealkylation sites (tertiary alicyclic amines) is 1. The SMILES string of the molecule is CCC1Cc2[nH]c(CNC(=O)N3CCCC3)cc2C=C1F. The summed E-state index contributed by atoms with van der Waals surface area (Å²) in [6, 6.07) is 1.93. The molecule has 3 rings (SSSR count). The molecule has 1 aliphatic carbocycles. The molecule has 0 saturated carbocycles. The number of fused-ring (bicyclic) bond motifs is 1. The van der Waals surface area contributed by atoms with Gasteiger partial charge in [0.25, 0.3) is 0 Å². The van der Waals surface area contributed by atoms with Crippen LogP contribution in [0.3, 0.4) is 0 Å². The molecule has 0 bridgehead atoms. The topological polar surface area (TPSA) is 48.1 Å². The number of halogens is 1. The maximum Gasteiger partial charge on any atom is 0.317 e. The molecule has 1 aromatic rings. The molecule has 1 aliphatic heterocycles. The molecule has 1 fully saturated rings. The fourth-order valence-corrected chi connectivity index (χ4v) is 3.12. The van der Waals surface area contributed by atoms with Crippen molar-refractivity contribution in [1.82, 2.24) is 15.2 Å². The van der Waals surface area contributed by atoms with E-state index >= 15 is 0 Å². The van der Waals surface area contributed by atoms with Crippen molar-refractivity contribution < 1.29 is 9.18 Å². The van der Waals surface area contributed by atoms with Gasteiger partial charge in [0, 0.05) is 30.4 Å². The van der Waals surface area contributed by atoms with Crippen molar-refractivity contribution in [3.05, 3.63) is 28.8 Å². The smallest absolute Gasteiger partial charge is 0.317 e. The van der Waals surface area contributed by atoms with E-state index in [0.29, 0.717) is 13.0 Å². The zero-order valence-corrected chi connectivity index (χ0v) is 12.4. The van der Waals surface area contributed by atoms with Crippen molar-refractivity contribution in [3.63, 3.8) is 0 Å². The molecule has 4 nitrogen and oxygen atoms in total. The van der Waals surface area contributed by atoms with Gasteiger partial charge in [0.2, 0.25) is 0 Å². The molecule has 1 atom stereocenters. The normalized spacial score (nSPS) is 21.1. The van der Waals surface area contributed by atoms with Gasteiger partial charge >= 0.3 is 6.03 Å². The van der Waals surface area contributed by atoms with Gasteiger partial charge in [-0.05, 0) is 43.4 Å². The highest BCUT2D eigenvalue weighted by Crippen LogP contribution is 2.31. The fraction of sp³-hybridized carbons (Fsp3) is 0.562. The Hall–Kier alpha value is -1.78. The number of urea groups is 1. The second-order valence-corrected chi connectivity index (χ2v) is 5.92. The third-order valence-corrected chi connectivity index (χ3v) is 4.44. The number of nitrogens with one attached hydrogen (secondary N) is 2. The van der Waals surface area contributed by atoms with Gasteiger partial charge in [-0.1, -0.05) is 6.92 Å². The maximum atomic E-state index is 13.8. The van der Waals surface area contributed by atoms with E-state index in [2.05, 4.69) is 10.3 Å². The lowest BCUT2D eigenvalue weighted by Gasteiger charge is -2.17. The highest BCUT2D eigenvalue weighted by atomic mass is 19.1. The minimum atomic E-state index is -0.0309. The molecule has 0 radical (unpaired) electrons. The summed E-state index contributed by atoms with van der Waals surface area (Å²) >= 11 is 0. The van der Waals surface area contributed by atoms with E-state index in [9.17, 15) is 9.18 Å². The first-order valence-electron chi connectivity index (χ1n) is 7.78. The summed E-state index contributed by atoms with van der Waals surface area (Å²) in [6.45, 7) is 4.16. The van der Waals surface area contributed by atoms with Crippen molar-refractivity contribution in [2.24, 2.45) is 5.92 Å². The number of aromatic nitrogens is 1. The molecule has 114 valence electrons. The molecular weight excluding hydrogens is 269 g/mol. The van der Waals surface area contributed by atoms with E-state index in [0.717, 1.165) is 49.3 Å². The van der Waals surface area contributed by atoms with E-state index in [4.69, 9.17) is 0 Å². The molecule has 2 heterocycles. The van der Waals surface area contributed by atoms with E-state index in [1.54, 1.807) is 6.08 Å². The van der Waals surface area contributed by atoms with Crippen LogP contribution in [0.25, 0.3) is 6.08 Å². The van der Waals surface area contributed by atoms with Crippen LogP contribution in [0.2, 0.25) is 0 Å². The van der Waals surface area contributed by atoms with Crippen molar-refractivity contribution in [1.29, 1.82) is 0 Å². The Morgan fingerprint density at radius 3 is 2.95 bits per heavy atom. The Kier molecular flexibility index (Phi) is 3.99. The van der Waals surface area contributed by atoms with Crippen LogP contribution in [-0.4, -0.2) is 29.0 Å². The minimum absolute atomic E-state index is 0.00627. The number of allylic oxidation sites excluding steroid dienone is 1. The number of hydrogen-bond donors (Lipinski definition) is 2. The molecule has 2 N–H and O–H groups in total. The van der Waals surface area contributed by atoms with Gasteiger partial charge in [-0.3, -0.25) is 0 Å². The van der Waals surface area contributed by atoms with Gasteiger partial charge in [0.1, 0.15) is 5.83 Å². The summed E-state index contributed by atoms with van der Waals surface area (Å²) in [4.78, 5) is 17.1. The molecule has 1 unspecified atom stereocenters. The molecule has 1 saturated heterocycles. The van der Waals surface area contributed by atoms with Crippen LogP contribution in [0.4, 0.5) is 9.18 Å². The average Bonchev–Trinajstić information content (AvgIpc) is 3.12. The summed E-state index contributed by atoms with van der Waals surface area (Å²) in [6.07, 6.45) is 5.32. The maximum absolute atomic E-state index is 13.8. The number of amides is 2. The lowest BCUT2D eigenvalue weighted by Crippen LogP contribution is -2.37. The Labute approximate surface area is 124 Å². The van der Waals surface area contributed by atoms with Crippen molar-refractivity contribution in [2.45, 2.75) is 39.2 Å². The molecule has 5 heteroatoms. The van der Waals surface area contributed by atoms with E-state index in [1.165, 1.54) is 0 Å². The third-order valence-electron chi connectivity index (χ3n) is 4.44. The minimum Gasteiger partial charge on any atom is -0.360 e. The second-order valence-electron chi connectivity index (χ2n) is 5.92. The number of aromatic amines is 1. The fourth-order valence-electron chi connectivity index (χ4n) is 3.12. The Balaban J connectivity index is 1.62. The highest BCUT2D eigenvalue weighted by Gasteiger charge is 2.22. The third kappa shape index (κ3) is 2.96. The van der Waals surface area contributed by atoms with Gasteiger partial charge in [0.15, 0.2) is 0 Å². The van der Waals surface area contributed by atoms with Gasteiger partial charge in [-0.2, -0.15) is 0 Å². The van der Waals surface area contributed by atoms with Crippen LogP contribution >= 0.6 is 0 Å². The summed E-state index contributed by atoms with van der Waals surface area (Å²) in [5.41, 5.74) is 2.93. The number of nitrogens with zero attached hydrogens (tertiary/aromatic N) is 1. The summed E-state index contributed by atoms with van der Waals surface area (Å²) in [7, 11) is 0. The lowest BCUT2D eigenvalue weighted by molar-refractivity contribution is 0.208. The quantitative estimate of drug-likeness (QED) is 0.882. The Morgan fingerprint density at radius 1 is 1.48 bits per heavy atom. The first kappa shape index (κ1) is 14.2. The van der Waals surface area contributed by atoms with E-state index in [1.807, 2.05) is 17.9 Å². The monoisotopic (exact) mass is 291 g/mol. The van der Waals surface area contributed by atoms with Crippen LogP contribution < -0.4 is 5.32 Å². The molecule has 1 aromatic heterocycles. The number of carbonyl (C=O) groups is 1. The van der Waals surface area contributed by atoms with Gasteiger partial charge < -0.3 is 15.2 Å². The molecule has 0 spiro atoms. The largest absolute Gasteiger partial charge is 0.360 e. The summed E-state index contributed by atoms with van der Waals surface area (Å²) in [5, 5.41) is 2.93. The zero-order valence-electron chi connectivity index (χ0n) is 12.4. The highest BCUT2D eigenvalue weighted by molar-refractivity contribution is 5.74. The van der Waals surface area contributed by atoms with Gasteiger partial charge in [0.05, 0.1) is 6.54 Å². The predicted octanol–water partition coefficient (Wildman–Crippen LogP) is 3.21. The standard InChI is InChI=1S/C16H22FN3O/c1-2-11-9-15-12(8-14(11)17)7-13(19-15)10-18-16(21)20-5-3-4-6-20/h7-8,11,19H,2-6,9-10H2,1H3,(H,18,21). The van der Waals surface area contributed by atoms with Crippen molar-refractivity contribution in [3.8, 4) is 0 Å². The first-order chi connectivity index (χ1) is 10.2. The number of carbonyl (C=O) groups excluding carboxylic acids is 1. The second kappa shape index (κ2) is 5.92. The molecule has 2 amide bonds. The van der Waals surface area contributed by atoms with Crippen molar-refractivity contribution in [2.75, 3.05) is 13.1 Å². The Bertz CT molecular complexity index is 558.